The number of carbonyl (C=O) groups excluding carboxylic acids is 1. The Hall–Kier alpha value is -5.28. The van der Waals surface area contributed by atoms with Gasteiger partial charge in [-0.25, -0.2) is 4.79 Å². The van der Waals surface area contributed by atoms with Crippen LogP contribution in [0.25, 0.3) is 28.4 Å². The Labute approximate surface area is 253 Å². The first-order chi connectivity index (χ1) is 21.5. The van der Waals surface area contributed by atoms with Gasteiger partial charge in [-0.1, -0.05) is 12.1 Å². The number of benzene rings is 3. The lowest BCUT2D eigenvalue weighted by atomic mass is 9.99. The fraction of sp³-hybridized carbons (Fsp3) is 0.226. The topological polar surface area (TPSA) is 226 Å². The average molecular weight is 625 g/mol. The maximum atomic E-state index is 13.7. The highest BCUT2D eigenvalue weighted by Crippen LogP contribution is 2.39. The van der Waals surface area contributed by atoms with Crippen molar-refractivity contribution in [2.75, 3.05) is 13.7 Å². The molecule has 0 amide bonds. The number of aromatic hydroxyl groups is 4. The molecule has 1 saturated heterocycles. The van der Waals surface area contributed by atoms with Crippen LogP contribution in [-0.4, -0.2) is 86.1 Å². The van der Waals surface area contributed by atoms with Gasteiger partial charge in [0.2, 0.25) is 17.5 Å². The first-order valence-electron chi connectivity index (χ1n) is 13.4. The maximum Gasteiger partial charge on any atom is 0.330 e. The molecule has 4 aromatic rings. The lowest BCUT2D eigenvalue weighted by molar-refractivity contribution is -0.278. The molecule has 1 fully saturated rings. The summed E-state index contributed by atoms with van der Waals surface area (Å²) in [4.78, 5) is 26.0. The van der Waals surface area contributed by atoms with Crippen LogP contribution in [0.4, 0.5) is 0 Å². The molecule has 0 aliphatic carbocycles. The van der Waals surface area contributed by atoms with Gasteiger partial charge < -0.3 is 59.1 Å². The Bertz CT molecular complexity index is 1800. The summed E-state index contributed by atoms with van der Waals surface area (Å²) in [6.07, 6.45) is -6.31. The van der Waals surface area contributed by atoms with Crippen LogP contribution in [0.5, 0.6) is 34.5 Å². The van der Waals surface area contributed by atoms with Crippen LogP contribution in [0.15, 0.2) is 69.9 Å². The minimum atomic E-state index is -1.92. The number of hydrogen-bond donors (Lipinski definition) is 7. The third-order valence-corrected chi connectivity index (χ3v) is 6.96. The normalized spacial score (nSPS) is 21.6. The number of aliphatic hydroxyl groups excluding tert-OH is 3. The molecule has 1 aliphatic rings. The van der Waals surface area contributed by atoms with E-state index in [0.717, 1.165) is 18.2 Å². The van der Waals surface area contributed by atoms with Gasteiger partial charge in [0.15, 0.2) is 17.3 Å². The Morgan fingerprint density at radius 2 is 1.62 bits per heavy atom. The van der Waals surface area contributed by atoms with Gasteiger partial charge in [0.1, 0.15) is 59.2 Å². The van der Waals surface area contributed by atoms with Crippen LogP contribution in [0.2, 0.25) is 0 Å². The number of aliphatic hydroxyl groups is 3. The number of hydrogen-bond acceptors (Lipinski definition) is 14. The van der Waals surface area contributed by atoms with Gasteiger partial charge in [-0.2, -0.15) is 0 Å². The first kappa shape index (κ1) is 31.2. The van der Waals surface area contributed by atoms with Crippen molar-refractivity contribution in [3.8, 4) is 45.8 Å². The van der Waals surface area contributed by atoms with Crippen LogP contribution < -0.4 is 14.9 Å². The van der Waals surface area contributed by atoms with Gasteiger partial charge in [-0.15, -0.1) is 0 Å². The first-order valence-corrected chi connectivity index (χ1v) is 13.4. The fourth-order valence-corrected chi connectivity index (χ4v) is 4.61. The molecule has 0 spiro atoms. The molecule has 5 atom stereocenters. The van der Waals surface area contributed by atoms with Crippen LogP contribution in [0.1, 0.15) is 5.56 Å². The van der Waals surface area contributed by atoms with Crippen molar-refractivity contribution < 1.29 is 63.9 Å². The maximum absolute atomic E-state index is 13.7. The molecule has 236 valence electrons. The number of rotatable bonds is 8. The molecule has 14 heteroatoms. The second kappa shape index (κ2) is 12.8. The van der Waals surface area contributed by atoms with Crippen molar-refractivity contribution in [2.24, 2.45) is 0 Å². The van der Waals surface area contributed by atoms with Crippen molar-refractivity contribution in [2.45, 2.75) is 30.7 Å². The van der Waals surface area contributed by atoms with E-state index in [4.69, 9.17) is 23.4 Å². The monoisotopic (exact) mass is 624 g/mol. The van der Waals surface area contributed by atoms with E-state index in [0.29, 0.717) is 5.56 Å². The van der Waals surface area contributed by atoms with Crippen molar-refractivity contribution in [3.05, 3.63) is 76.5 Å². The quantitative estimate of drug-likeness (QED) is 0.110. The fourth-order valence-electron chi connectivity index (χ4n) is 4.61. The Balaban J connectivity index is 1.45. The van der Waals surface area contributed by atoms with E-state index in [1.54, 1.807) is 12.1 Å². The smallest absolute Gasteiger partial charge is 0.330 e. The van der Waals surface area contributed by atoms with Crippen molar-refractivity contribution in [1.29, 1.82) is 0 Å². The Morgan fingerprint density at radius 3 is 2.33 bits per heavy atom. The van der Waals surface area contributed by atoms with Crippen molar-refractivity contribution in [1.82, 2.24) is 0 Å². The second-order valence-electron chi connectivity index (χ2n) is 10.0. The number of phenols is 4. The van der Waals surface area contributed by atoms with Gasteiger partial charge >= 0.3 is 5.97 Å². The molecule has 45 heavy (non-hydrogen) atoms. The van der Waals surface area contributed by atoms with E-state index in [-0.39, 0.29) is 34.2 Å². The third-order valence-electron chi connectivity index (χ3n) is 6.96. The van der Waals surface area contributed by atoms with E-state index in [9.17, 15) is 45.3 Å². The molecule has 0 saturated carbocycles. The number of carbonyl (C=O) groups is 1. The zero-order chi connectivity index (χ0) is 32.4. The van der Waals surface area contributed by atoms with Crippen LogP contribution in [0.3, 0.4) is 0 Å². The minimum Gasteiger partial charge on any atom is -0.508 e. The van der Waals surface area contributed by atoms with Gasteiger partial charge in [0.05, 0.1) is 7.11 Å². The van der Waals surface area contributed by atoms with Crippen molar-refractivity contribution in [3.63, 3.8) is 0 Å². The second-order valence-corrected chi connectivity index (χ2v) is 10.0. The van der Waals surface area contributed by atoms with E-state index in [2.05, 4.69) is 0 Å². The summed E-state index contributed by atoms with van der Waals surface area (Å²) in [7, 11) is 1.29. The van der Waals surface area contributed by atoms with E-state index in [1.807, 2.05) is 0 Å². The number of ether oxygens (including phenoxy) is 4. The summed E-state index contributed by atoms with van der Waals surface area (Å²) in [5.41, 5.74) is -0.492. The van der Waals surface area contributed by atoms with Crippen LogP contribution in [0, 0.1) is 0 Å². The zero-order valence-corrected chi connectivity index (χ0v) is 23.4. The summed E-state index contributed by atoms with van der Waals surface area (Å²) in [6.45, 7) is -0.599. The molecule has 1 aliphatic heterocycles. The lowest BCUT2D eigenvalue weighted by Gasteiger charge is -2.39. The van der Waals surface area contributed by atoms with E-state index >= 15 is 0 Å². The van der Waals surface area contributed by atoms with Gasteiger partial charge in [0, 0.05) is 23.8 Å². The minimum absolute atomic E-state index is 0.00575. The number of esters is 1. The average Bonchev–Trinajstić information content (AvgIpc) is 3.01. The summed E-state index contributed by atoms with van der Waals surface area (Å²) in [6, 6.07) is 11.8. The molecule has 0 unspecified atom stereocenters. The van der Waals surface area contributed by atoms with Gasteiger partial charge in [0.25, 0.3) is 0 Å². The molecule has 2 heterocycles. The zero-order valence-electron chi connectivity index (χ0n) is 23.4. The highest BCUT2D eigenvalue weighted by Gasteiger charge is 2.46. The largest absolute Gasteiger partial charge is 0.508 e. The lowest BCUT2D eigenvalue weighted by Crippen LogP contribution is -2.60. The molecule has 5 rings (SSSR count). The summed E-state index contributed by atoms with van der Waals surface area (Å²) in [5, 5.41) is 71.2. The number of phenolic OH excluding ortho intramolecular Hbond substituents is 4. The van der Waals surface area contributed by atoms with Gasteiger partial charge in [-0.3, -0.25) is 4.79 Å². The van der Waals surface area contributed by atoms with Gasteiger partial charge in [-0.05, 0) is 42.0 Å². The molecule has 14 nitrogen and oxygen atoms in total. The third kappa shape index (κ3) is 6.49. The highest BCUT2D eigenvalue weighted by molar-refractivity contribution is 5.88. The summed E-state index contributed by atoms with van der Waals surface area (Å²) in [5.74, 6) is -3.01. The molecule has 1 aromatic heterocycles. The van der Waals surface area contributed by atoms with E-state index in [1.165, 1.54) is 43.5 Å². The Morgan fingerprint density at radius 1 is 0.889 bits per heavy atom. The number of methoxy groups -OCH3 is 1. The Kier molecular flexibility index (Phi) is 8.83. The molecular formula is C31H28O14. The predicted molar refractivity (Wildman–Crippen MR) is 155 cm³/mol. The number of fused-ring (bicyclic) bond motifs is 1. The predicted octanol–water partition coefficient (Wildman–Crippen LogP) is 1.73. The van der Waals surface area contributed by atoms with Crippen LogP contribution in [-0.2, 0) is 14.3 Å². The summed E-state index contributed by atoms with van der Waals surface area (Å²) >= 11 is 0. The molecule has 7 N–H and O–H groups in total. The molecule has 0 radical (unpaired) electrons. The van der Waals surface area contributed by atoms with E-state index < -0.39 is 71.3 Å². The SMILES string of the molecule is COc1cc(-c2oc3cc(O)cc(O)c3c(=O)c2O[C@@H]2O[C@H](COC(=O)/C=C/c3ccc(O)cc3)[C@@H](O)[C@H](O)[C@H]2O)ccc1O. The van der Waals surface area contributed by atoms with Crippen LogP contribution >= 0.6 is 0 Å². The molecule has 0 bridgehead atoms. The summed E-state index contributed by atoms with van der Waals surface area (Å²) < 4.78 is 27.5. The molecule has 3 aromatic carbocycles. The highest BCUT2D eigenvalue weighted by atomic mass is 16.7. The standard InChI is InChI=1S/C31H28O14/c1-41-20-10-15(5-8-18(20)34)29-30(26(38)24-19(35)11-17(33)12-21(24)43-29)45-31-28(40)27(39)25(37)22(44-31)13-42-23(36)9-4-14-2-6-16(32)7-3-14/h2-12,22,25,27-28,31-35,37,39-40H,13H2,1H3/b9-4+/t22-,25-,27+,28-,31+/m1/s1. The van der Waals surface area contributed by atoms with Crippen molar-refractivity contribution >= 4 is 23.0 Å². The molecular weight excluding hydrogens is 596 g/mol.